The number of nitrogen functional groups attached to an aromatic ring is 1. The molecule has 1 atom stereocenters. The van der Waals surface area contributed by atoms with Crippen LogP contribution < -0.4 is 26.2 Å². The number of rotatable bonds is 8. The predicted octanol–water partition coefficient (Wildman–Crippen LogP) is 2.67. The molecule has 0 unspecified atom stereocenters. The lowest BCUT2D eigenvalue weighted by Crippen LogP contribution is -2.20. The van der Waals surface area contributed by atoms with Crippen molar-refractivity contribution >= 4 is 28.8 Å². The summed E-state index contributed by atoms with van der Waals surface area (Å²) < 4.78 is 28.0. The number of hydrogen-bond donors (Lipinski definition) is 5. The molecule has 4 aromatic rings. The molecule has 0 saturated heterocycles. The van der Waals surface area contributed by atoms with Crippen LogP contribution in [-0.2, 0) is 6.42 Å². The summed E-state index contributed by atoms with van der Waals surface area (Å²) in [5.41, 5.74) is 7.57. The van der Waals surface area contributed by atoms with Crippen molar-refractivity contribution in [3.8, 4) is 17.3 Å². The fourth-order valence-corrected chi connectivity index (χ4v) is 4.82. The molecule has 0 radical (unpaired) electrons. The van der Waals surface area contributed by atoms with Crippen LogP contribution >= 0.6 is 11.3 Å². The number of carboxylic acid groups (broad SMARTS) is 1. The summed E-state index contributed by atoms with van der Waals surface area (Å²) >= 11 is 0.846. The maximum Gasteiger partial charge on any atom is 0.349 e. The number of aromatic nitrogens is 4. The van der Waals surface area contributed by atoms with Gasteiger partial charge in [0.25, 0.3) is 0 Å². The number of benzene rings is 2. The van der Waals surface area contributed by atoms with Crippen LogP contribution in [0.1, 0.15) is 44.6 Å². The van der Waals surface area contributed by atoms with Crippen LogP contribution in [0.15, 0.2) is 40.6 Å². The second-order valence-corrected chi connectivity index (χ2v) is 9.20. The van der Waals surface area contributed by atoms with Gasteiger partial charge in [-0.05, 0) is 43.2 Å². The Morgan fingerprint density at radius 2 is 2.16 bits per heavy atom. The number of aromatic amines is 1. The summed E-state index contributed by atoms with van der Waals surface area (Å²) in [6.07, 6.45) is 1.05. The topological polar surface area (TPSA) is 181 Å². The first kappa shape index (κ1) is 25.0. The quantitative estimate of drug-likeness (QED) is 0.166. The molecule has 0 fully saturated rings. The van der Waals surface area contributed by atoms with Gasteiger partial charge in [0, 0.05) is 22.4 Å². The van der Waals surface area contributed by atoms with Gasteiger partial charge in [-0.3, -0.25) is 10.4 Å². The van der Waals surface area contributed by atoms with Gasteiger partial charge in [0.05, 0.1) is 19.2 Å². The first-order valence-electron chi connectivity index (χ1n) is 11.4. The maximum absolute atomic E-state index is 16.0. The summed E-state index contributed by atoms with van der Waals surface area (Å²) in [4.78, 5) is 30.9. The minimum absolute atomic E-state index is 0.00705. The number of carbonyl (C=O) groups is 1. The van der Waals surface area contributed by atoms with Crippen LogP contribution in [0.4, 0.5) is 10.1 Å². The molecule has 0 saturated carbocycles. The Morgan fingerprint density at radius 3 is 2.84 bits per heavy atom. The van der Waals surface area contributed by atoms with E-state index in [9.17, 15) is 14.7 Å². The van der Waals surface area contributed by atoms with Gasteiger partial charge in [-0.1, -0.05) is 0 Å². The van der Waals surface area contributed by atoms with E-state index in [2.05, 4.69) is 20.4 Å². The molecule has 12 nitrogen and oxygen atoms in total. The van der Waals surface area contributed by atoms with Crippen molar-refractivity contribution in [3.05, 3.63) is 79.5 Å². The van der Waals surface area contributed by atoms with E-state index in [1.807, 2.05) is 0 Å². The van der Waals surface area contributed by atoms with Crippen LogP contribution in [0.2, 0.25) is 0 Å². The Balaban J connectivity index is 1.66. The molecule has 6 N–H and O–H groups in total. The highest BCUT2D eigenvalue weighted by Gasteiger charge is 2.30. The number of methoxy groups -OCH3 is 1. The van der Waals surface area contributed by atoms with Gasteiger partial charge in [0.2, 0.25) is 0 Å². The maximum atomic E-state index is 16.0. The molecular weight excluding hydrogens is 517 g/mol. The average Bonchev–Trinajstić information content (AvgIpc) is 3.55. The molecule has 2 aromatic heterocycles. The number of aromatic carboxylic acids is 1. The number of thiazole rings is 1. The van der Waals surface area contributed by atoms with Gasteiger partial charge >= 0.3 is 11.7 Å². The Hall–Kier alpha value is -4.72. The number of H-pyrrole nitrogens is 1. The van der Waals surface area contributed by atoms with Crippen LogP contribution in [0.5, 0.6) is 11.5 Å². The van der Waals surface area contributed by atoms with Crippen molar-refractivity contribution < 1.29 is 23.8 Å². The van der Waals surface area contributed by atoms with E-state index < -0.39 is 23.5 Å². The molecule has 38 heavy (non-hydrogen) atoms. The highest BCUT2D eigenvalue weighted by molar-refractivity contribution is 7.12. The molecule has 0 spiro atoms. The molecule has 0 amide bonds. The molecule has 3 heterocycles. The first-order valence-corrected chi connectivity index (χ1v) is 12.3. The Labute approximate surface area is 218 Å². The van der Waals surface area contributed by atoms with Crippen molar-refractivity contribution in [2.24, 2.45) is 5.73 Å². The van der Waals surface area contributed by atoms with E-state index in [4.69, 9.17) is 20.6 Å². The monoisotopic (exact) mass is 539 g/mol. The van der Waals surface area contributed by atoms with Crippen LogP contribution in [0.3, 0.4) is 0 Å². The SMILES string of the molecule is COc1cc([C@@H](Nc2ccc(C(=N)N)cc2)c2nn(-c3ncsc3C(=O)O)c(=O)[nH]2)c(F)c2c1OCCC2. The summed E-state index contributed by atoms with van der Waals surface area (Å²) in [5, 5.41) is 24.5. The fourth-order valence-electron chi connectivity index (χ4n) is 4.22. The Kier molecular flexibility index (Phi) is 6.55. The molecule has 14 heteroatoms. The smallest absolute Gasteiger partial charge is 0.349 e. The third-order valence-corrected chi connectivity index (χ3v) is 6.81. The number of hydrogen-bond acceptors (Lipinski definition) is 9. The van der Waals surface area contributed by atoms with E-state index in [0.717, 1.165) is 16.0 Å². The first-order chi connectivity index (χ1) is 18.3. The van der Waals surface area contributed by atoms with Gasteiger partial charge in [0.1, 0.15) is 17.7 Å². The third kappa shape index (κ3) is 4.45. The van der Waals surface area contributed by atoms with Crippen molar-refractivity contribution in [1.29, 1.82) is 5.41 Å². The number of halogens is 1. The van der Waals surface area contributed by atoms with Crippen LogP contribution in [0, 0.1) is 11.2 Å². The number of nitrogens with two attached hydrogens (primary N) is 1. The second kappa shape index (κ2) is 9.97. The molecule has 1 aliphatic rings. The lowest BCUT2D eigenvalue weighted by Gasteiger charge is -2.25. The van der Waals surface area contributed by atoms with Crippen LogP contribution in [-0.4, -0.2) is 50.4 Å². The molecule has 5 rings (SSSR count). The molecular formula is C24H22FN7O5S. The number of ether oxygens (including phenoxy) is 2. The van der Waals surface area contributed by atoms with Gasteiger partial charge in [-0.25, -0.2) is 19.0 Å². The number of nitrogens with one attached hydrogen (secondary N) is 3. The number of amidine groups is 1. The minimum Gasteiger partial charge on any atom is -0.493 e. The standard InChI is InChI=1S/C24H22FN7O5S/c1-36-15-9-14(16(25)13-3-2-8-37-18(13)15)17(29-12-6-4-11(5-7-12)20(26)27)21-30-24(35)32(31-21)22-19(23(33)34)38-10-28-22/h4-7,9-10,17,29H,2-3,8H2,1H3,(H3,26,27)(H,33,34)(H,30,31,35)/t17-/m1/s1. The minimum atomic E-state index is -1.26. The van der Waals surface area contributed by atoms with E-state index in [1.165, 1.54) is 18.7 Å². The van der Waals surface area contributed by atoms with Gasteiger partial charge in [0.15, 0.2) is 28.0 Å². The van der Waals surface area contributed by atoms with Crippen molar-refractivity contribution in [2.45, 2.75) is 18.9 Å². The summed E-state index contributed by atoms with van der Waals surface area (Å²) in [7, 11) is 1.45. The predicted molar refractivity (Wildman–Crippen MR) is 137 cm³/mol. The zero-order valence-corrected chi connectivity index (χ0v) is 20.8. The molecule has 0 aliphatic carbocycles. The van der Waals surface area contributed by atoms with Gasteiger partial charge < -0.3 is 25.6 Å². The normalized spacial score (nSPS) is 13.3. The number of nitrogens with zero attached hydrogens (tertiary/aromatic N) is 3. The lowest BCUT2D eigenvalue weighted by molar-refractivity contribution is 0.0701. The highest BCUT2D eigenvalue weighted by atomic mass is 32.1. The zero-order chi connectivity index (χ0) is 27.0. The molecule has 1 aliphatic heterocycles. The number of anilines is 1. The average molecular weight is 540 g/mol. The van der Waals surface area contributed by atoms with Crippen molar-refractivity contribution in [3.63, 3.8) is 0 Å². The van der Waals surface area contributed by atoms with E-state index in [-0.39, 0.29) is 27.9 Å². The summed E-state index contributed by atoms with van der Waals surface area (Å²) in [6.45, 7) is 0.434. The van der Waals surface area contributed by atoms with Gasteiger partial charge in [-0.15, -0.1) is 16.4 Å². The van der Waals surface area contributed by atoms with Crippen molar-refractivity contribution in [2.75, 3.05) is 19.0 Å². The number of carboxylic acids is 1. The fraction of sp³-hybridized carbons (Fsp3) is 0.208. The number of fused-ring (bicyclic) bond motifs is 1. The van der Waals surface area contributed by atoms with Gasteiger partial charge in [-0.2, -0.15) is 4.68 Å². The summed E-state index contributed by atoms with van der Waals surface area (Å²) in [5.74, 6) is -1.41. The molecule has 196 valence electrons. The van der Waals surface area contributed by atoms with E-state index in [0.29, 0.717) is 47.8 Å². The van der Waals surface area contributed by atoms with E-state index in [1.54, 1.807) is 24.3 Å². The zero-order valence-electron chi connectivity index (χ0n) is 19.9. The third-order valence-electron chi connectivity index (χ3n) is 6.01. The largest absolute Gasteiger partial charge is 0.493 e. The van der Waals surface area contributed by atoms with Crippen LogP contribution in [0.25, 0.3) is 5.82 Å². The molecule has 0 bridgehead atoms. The van der Waals surface area contributed by atoms with Crippen molar-refractivity contribution in [1.82, 2.24) is 19.7 Å². The Bertz CT molecular complexity index is 1590. The second-order valence-electron chi connectivity index (χ2n) is 8.35. The Morgan fingerprint density at radius 1 is 1.39 bits per heavy atom. The highest BCUT2D eigenvalue weighted by Crippen LogP contribution is 2.41. The van der Waals surface area contributed by atoms with E-state index >= 15 is 4.39 Å². The molecule has 2 aromatic carbocycles. The summed E-state index contributed by atoms with van der Waals surface area (Å²) in [6, 6.07) is 6.98. The lowest BCUT2D eigenvalue weighted by atomic mass is 9.96.